The highest BCUT2D eigenvalue weighted by molar-refractivity contribution is 14.1. The van der Waals surface area contributed by atoms with Gasteiger partial charge < -0.3 is 11.1 Å². The molecule has 7 heteroatoms. The predicted octanol–water partition coefficient (Wildman–Crippen LogP) is 4.24. The molecule has 0 atom stereocenters. The normalized spacial score (nSPS) is 13.5. The van der Waals surface area contributed by atoms with Gasteiger partial charge in [0.05, 0.1) is 16.1 Å². The first kappa shape index (κ1) is 16.7. The number of halogens is 2. The van der Waals surface area contributed by atoms with E-state index in [1.165, 1.54) is 11.3 Å². The number of primary amides is 1. The molecule has 0 aliphatic heterocycles. The van der Waals surface area contributed by atoms with Crippen molar-refractivity contribution < 1.29 is 9.59 Å². The molecule has 0 spiro atoms. The van der Waals surface area contributed by atoms with Crippen molar-refractivity contribution in [2.75, 3.05) is 5.32 Å². The lowest BCUT2D eigenvalue weighted by Gasteiger charge is -2.11. The highest BCUT2D eigenvalue weighted by Crippen LogP contribution is 2.38. The summed E-state index contributed by atoms with van der Waals surface area (Å²) in [5, 5.41) is 3.74. The van der Waals surface area contributed by atoms with Gasteiger partial charge in [-0.15, -0.1) is 11.3 Å². The molecular formula is C16H14ClIN2O2S. The van der Waals surface area contributed by atoms with Crippen molar-refractivity contribution in [3.8, 4) is 0 Å². The first-order chi connectivity index (χ1) is 11.0. The van der Waals surface area contributed by atoms with E-state index in [9.17, 15) is 9.59 Å². The molecule has 1 aromatic heterocycles. The van der Waals surface area contributed by atoms with Crippen LogP contribution in [0.15, 0.2) is 18.2 Å². The van der Waals surface area contributed by atoms with Crippen LogP contribution in [-0.4, -0.2) is 11.8 Å². The van der Waals surface area contributed by atoms with Crippen molar-refractivity contribution in [3.63, 3.8) is 0 Å². The fourth-order valence-electron chi connectivity index (χ4n) is 2.76. The lowest BCUT2D eigenvalue weighted by Crippen LogP contribution is -2.18. The summed E-state index contributed by atoms with van der Waals surface area (Å²) in [5.41, 5.74) is 7.39. The number of carbonyl (C=O) groups is 2. The van der Waals surface area contributed by atoms with Crippen LogP contribution in [0.1, 0.15) is 44.0 Å². The molecule has 0 bridgehead atoms. The lowest BCUT2D eigenvalue weighted by molar-refractivity contribution is 0.100. The Hall–Kier alpha value is -1.12. The average Bonchev–Trinajstić information content (AvgIpc) is 2.87. The van der Waals surface area contributed by atoms with Gasteiger partial charge in [-0.1, -0.05) is 11.6 Å². The minimum Gasteiger partial charge on any atom is -0.365 e. The van der Waals surface area contributed by atoms with Gasteiger partial charge in [0.1, 0.15) is 5.00 Å². The summed E-state index contributed by atoms with van der Waals surface area (Å²) in [7, 11) is 0. The second kappa shape index (κ2) is 6.78. The SMILES string of the molecule is NC(=O)c1c(NC(=O)c2cc(I)ccc2Cl)sc2c1CCCC2. The fourth-order valence-corrected chi connectivity index (χ4v) is 4.74. The Bertz CT molecular complexity index is 804. The molecule has 2 amide bonds. The third-order valence-corrected chi connectivity index (χ3v) is 6.03. The highest BCUT2D eigenvalue weighted by atomic mass is 127. The third kappa shape index (κ3) is 3.39. The summed E-state index contributed by atoms with van der Waals surface area (Å²) in [5.74, 6) is -0.817. The Balaban J connectivity index is 1.96. The molecule has 0 saturated carbocycles. The first-order valence-corrected chi connectivity index (χ1v) is 9.45. The summed E-state index contributed by atoms with van der Waals surface area (Å²) in [6, 6.07) is 5.24. The summed E-state index contributed by atoms with van der Waals surface area (Å²) in [4.78, 5) is 25.5. The minimum absolute atomic E-state index is 0.324. The zero-order valence-corrected chi connectivity index (χ0v) is 15.8. The topological polar surface area (TPSA) is 72.2 Å². The third-order valence-electron chi connectivity index (χ3n) is 3.82. The maximum absolute atomic E-state index is 12.5. The van der Waals surface area contributed by atoms with Gasteiger partial charge in [-0.05, 0) is 72.0 Å². The van der Waals surface area contributed by atoms with Crippen molar-refractivity contribution in [3.05, 3.63) is 48.4 Å². The Kier molecular flexibility index (Phi) is 4.93. The molecular weight excluding hydrogens is 447 g/mol. The van der Waals surface area contributed by atoms with E-state index in [1.54, 1.807) is 12.1 Å². The second-order valence-corrected chi connectivity index (χ2v) is 8.12. The Morgan fingerprint density at radius 3 is 2.74 bits per heavy atom. The monoisotopic (exact) mass is 460 g/mol. The van der Waals surface area contributed by atoms with E-state index < -0.39 is 5.91 Å². The van der Waals surface area contributed by atoms with Crippen LogP contribution < -0.4 is 11.1 Å². The van der Waals surface area contributed by atoms with Crippen molar-refractivity contribution in [2.24, 2.45) is 5.73 Å². The number of fused-ring (bicyclic) bond motifs is 1. The Morgan fingerprint density at radius 2 is 2.00 bits per heavy atom. The number of carbonyl (C=O) groups excluding carboxylic acids is 2. The largest absolute Gasteiger partial charge is 0.365 e. The number of aryl methyl sites for hydroxylation is 1. The average molecular weight is 461 g/mol. The number of anilines is 1. The van der Waals surface area contributed by atoms with Gasteiger partial charge in [0.25, 0.3) is 11.8 Å². The highest BCUT2D eigenvalue weighted by Gasteiger charge is 2.25. The summed E-state index contributed by atoms with van der Waals surface area (Å²) in [6.45, 7) is 0. The van der Waals surface area contributed by atoms with Crippen LogP contribution in [0.3, 0.4) is 0 Å². The Labute approximate surface area is 156 Å². The van der Waals surface area contributed by atoms with Crippen LogP contribution in [-0.2, 0) is 12.8 Å². The van der Waals surface area contributed by atoms with Gasteiger partial charge in [-0.25, -0.2) is 0 Å². The molecule has 1 aromatic carbocycles. The fraction of sp³-hybridized carbons (Fsp3) is 0.250. The number of amides is 2. The van der Waals surface area contributed by atoms with Gasteiger partial charge in [-0.2, -0.15) is 0 Å². The van der Waals surface area contributed by atoms with Gasteiger partial charge in [-0.3, -0.25) is 9.59 Å². The molecule has 1 heterocycles. The first-order valence-electron chi connectivity index (χ1n) is 7.18. The van der Waals surface area contributed by atoms with Gasteiger partial charge in [0.2, 0.25) is 0 Å². The minimum atomic E-state index is -0.492. The zero-order valence-electron chi connectivity index (χ0n) is 12.1. The number of thiophene rings is 1. The zero-order chi connectivity index (χ0) is 16.6. The van der Waals surface area contributed by atoms with Crippen LogP contribution in [0.2, 0.25) is 5.02 Å². The maximum Gasteiger partial charge on any atom is 0.257 e. The van der Waals surface area contributed by atoms with Crippen LogP contribution >= 0.6 is 45.5 Å². The number of nitrogens with two attached hydrogens (primary N) is 1. The maximum atomic E-state index is 12.5. The van der Waals surface area contributed by atoms with Crippen LogP contribution in [0.25, 0.3) is 0 Å². The molecule has 3 N–H and O–H groups in total. The van der Waals surface area contributed by atoms with E-state index in [0.29, 0.717) is 21.2 Å². The quantitative estimate of drug-likeness (QED) is 0.673. The summed E-state index contributed by atoms with van der Waals surface area (Å²) in [6.07, 6.45) is 3.91. The van der Waals surface area contributed by atoms with Crippen LogP contribution in [0, 0.1) is 3.57 Å². The van der Waals surface area contributed by atoms with Gasteiger partial charge in [0, 0.05) is 8.45 Å². The smallest absolute Gasteiger partial charge is 0.257 e. The van der Waals surface area contributed by atoms with Crippen LogP contribution in [0.5, 0.6) is 0 Å². The van der Waals surface area contributed by atoms with Crippen molar-refractivity contribution in [2.45, 2.75) is 25.7 Å². The lowest BCUT2D eigenvalue weighted by atomic mass is 9.95. The second-order valence-electron chi connectivity index (χ2n) is 5.36. The van der Waals surface area contributed by atoms with E-state index in [2.05, 4.69) is 27.9 Å². The molecule has 0 radical (unpaired) electrons. The molecule has 23 heavy (non-hydrogen) atoms. The molecule has 3 rings (SSSR count). The summed E-state index contributed by atoms with van der Waals surface area (Å²) >= 11 is 9.68. The standard InChI is InChI=1S/C16H14ClIN2O2S/c17-11-6-5-8(18)7-10(11)15(22)20-16-13(14(19)21)9-3-1-2-4-12(9)23-16/h5-7H,1-4H2,(H2,19,21)(H,20,22). The summed E-state index contributed by atoms with van der Waals surface area (Å²) < 4.78 is 0.915. The number of nitrogens with one attached hydrogen (secondary N) is 1. The van der Waals surface area contributed by atoms with E-state index in [4.69, 9.17) is 17.3 Å². The van der Waals surface area contributed by atoms with Crippen molar-refractivity contribution in [1.29, 1.82) is 0 Å². The van der Waals surface area contributed by atoms with Crippen molar-refractivity contribution in [1.82, 2.24) is 0 Å². The molecule has 0 unspecified atom stereocenters. The van der Waals surface area contributed by atoms with E-state index >= 15 is 0 Å². The van der Waals surface area contributed by atoms with Gasteiger partial charge in [0.15, 0.2) is 0 Å². The van der Waals surface area contributed by atoms with E-state index in [1.807, 2.05) is 6.07 Å². The molecule has 4 nitrogen and oxygen atoms in total. The van der Waals surface area contributed by atoms with Gasteiger partial charge >= 0.3 is 0 Å². The van der Waals surface area contributed by atoms with E-state index in [-0.39, 0.29) is 5.91 Å². The molecule has 1 aliphatic carbocycles. The molecule has 2 aromatic rings. The molecule has 120 valence electrons. The number of hydrogen-bond acceptors (Lipinski definition) is 3. The van der Waals surface area contributed by atoms with E-state index in [0.717, 1.165) is 39.7 Å². The van der Waals surface area contributed by atoms with Crippen LogP contribution in [0.4, 0.5) is 5.00 Å². The predicted molar refractivity (Wildman–Crippen MR) is 102 cm³/mol. The number of rotatable bonds is 3. The number of benzene rings is 1. The van der Waals surface area contributed by atoms with Crippen molar-refractivity contribution >= 4 is 62.3 Å². The molecule has 0 fully saturated rings. The molecule has 0 saturated heterocycles. The Morgan fingerprint density at radius 1 is 1.26 bits per heavy atom. The molecule has 1 aliphatic rings. The number of hydrogen-bond donors (Lipinski definition) is 2.